The van der Waals surface area contributed by atoms with Crippen LogP contribution in [0.3, 0.4) is 0 Å². The van der Waals surface area contributed by atoms with E-state index < -0.39 is 10.1 Å². The zero-order chi connectivity index (χ0) is 22.1. The van der Waals surface area contributed by atoms with E-state index in [-0.39, 0.29) is 22.3 Å². The van der Waals surface area contributed by atoms with E-state index in [2.05, 4.69) is 15.9 Å². The summed E-state index contributed by atoms with van der Waals surface area (Å²) in [5.41, 5.74) is 1.57. The summed E-state index contributed by atoms with van der Waals surface area (Å²) >= 11 is 9.80. The van der Waals surface area contributed by atoms with Crippen molar-refractivity contribution in [2.75, 3.05) is 13.7 Å². The van der Waals surface area contributed by atoms with Gasteiger partial charge >= 0.3 is 10.1 Å². The summed E-state index contributed by atoms with van der Waals surface area (Å²) < 4.78 is 36.9. The molecule has 0 N–H and O–H groups in total. The normalized spacial score (nSPS) is 15.7. The molecule has 1 fully saturated rings. The lowest BCUT2D eigenvalue weighted by molar-refractivity contribution is -0.121. The molecule has 1 aliphatic rings. The lowest BCUT2D eigenvalue weighted by Crippen LogP contribution is -2.27. The van der Waals surface area contributed by atoms with Crippen LogP contribution in [0.1, 0.15) is 18.1 Å². The van der Waals surface area contributed by atoms with Gasteiger partial charge in [0.15, 0.2) is 11.5 Å². The van der Waals surface area contributed by atoms with Crippen LogP contribution in [0.5, 0.6) is 11.5 Å². The van der Waals surface area contributed by atoms with Crippen LogP contribution in [0.4, 0.5) is 0 Å². The summed E-state index contributed by atoms with van der Waals surface area (Å²) in [6, 6.07) is 9.60. The van der Waals surface area contributed by atoms with Crippen LogP contribution >= 0.6 is 39.9 Å². The van der Waals surface area contributed by atoms with Crippen molar-refractivity contribution >= 4 is 66.3 Å². The monoisotopic (exact) mass is 527 g/mol. The third kappa shape index (κ3) is 4.72. The molecule has 2 aromatic rings. The highest BCUT2D eigenvalue weighted by atomic mass is 79.9. The summed E-state index contributed by atoms with van der Waals surface area (Å²) in [6.45, 7) is 4.22. The molecule has 158 valence electrons. The van der Waals surface area contributed by atoms with Crippen LogP contribution < -0.4 is 8.92 Å². The van der Waals surface area contributed by atoms with Gasteiger partial charge in [-0.2, -0.15) is 8.42 Å². The Hall–Kier alpha value is -1.88. The number of thioether (sulfide) groups is 1. The van der Waals surface area contributed by atoms with E-state index in [0.29, 0.717) is 25.8 Å². The van der Waals surface area contributed by atoms with E-state index in [0.717, 1.165) is 5.56 Å². The molecule has 1 heterocycles. The van der Waals surface area contributed by atoms with Crippen molar-refractivity contribution in [3.63, 3.8) is 0 Å². The fourth-order valence-corrected chi connectivity index (χ4v) is 5.68. The number of nitrogens with zero attached hydrogens (tertiary/aromatic N) is 1. The van der Waals surface area contributed by atoms with Crippen LogP contribution in [0.2, 0.25) is 0 Å². The minimum absolute atomic E-state index is 0.0244. The van der Waals surface area contributed by atoms with E-state index in [9.17, 15) is 13.2 Å². The zero-order valence-corrected chi connectivity index (χ0v) is 20.4. The van der Waals surface area contributed by atoms with Crippen LogP contribution in [0, 0.1) is 6.92 Å². The SMILES string of the molecule is CCN1C(=O)/C(=C\c2cc(Br)c(OS(=O)(=O)c3ccc(C)cc3)c(OC)c2)SC1=S. The van der Waals surface area contributed by atoms with Crippen molar-refractivity contribution in [3.8, 4) is 11.5 Å². The summed E-state index contributed by atoms with van der Waals surface area (Å²) in [5.74, 6) is 0.0680. The first-order valence-corrected chi connectivity index (χ1v) is 12.2. The van der Waals surface area contributed by atoms with E-state index in [1.165, 1.54) is 35.9 Å². The first-order valence-electron chi connectivity index (χ1n) is 8.80. The van der Waals surface area contributed by atoms with Gasteiger partial charge in [0.05, 0.1) is 16.5 Å². The van der Waals surface area contributed by atoms with Crippen LogP contribution in [0.15, 0.2) is 50.7 Å². The van der Waals surface area contributed by atoms with Crippen molar-refractivity contribution in [2.24, 2.45) is 0 Å². The molecule has 1 saturated heterocycles. The highest BCUT2D eigenvalue weighted by molar-refractivity contribution is 9.10. The molecular weight excluding hydrogens is 510 g/mol. The lowest BCUT2D eigenvalue weighted by atomic mass is 10.2. The third-order valence-corrected chi connectivity index (χ3v) is 7.44. The first kappa shape index (κ1) is 22.8. The largest absolute Gasteiger partial charge is 0.493 e. The van der Waals surface area contributed by atoms with Gasteiger partial charge in [0.25, 0.3) is 5.91 Å². The Labute approximate surface area is 193 Å². The number of ether oxygens (including phenoxy) is 1. The number of aryl methyl sites for hydroxylation is 1. The molecule has 0 aromatic heterocycles. The number of thiocarbonyl (C=S) groups is 1. The van der Waals surface area contributed by atoms with E-state index in [1.54, 1.807) is 30.3 Å². The van der Waals surface area contributed by atoms with Crippen molar-refractivity contribution in [2.45, 2.75) is 18.7 Å². The lowest BCUT2D eigenvalue weighted by Gasteiger charge is -2.14. The fraction of sp³-hybridized carbons (Fsp3) is 0.200. The summed E-state index contributed by atoms with van der Waals surface area (Å²) in [5, 5.41) is 0. The van der Waals surface area contributed by atoms with Crippen molar-refractivity contribution < 1.29 is 22.1 Å². The van der Waals surface area contributed by atoms with Gasteiger partial charge in [-0.1, -0.05) is 41.7 Å². The highest BCUT2D eigenvalue weighted by Gasteiger charge is 2.31. The number of amides is 1. The Morgan fingerprint density at radius 2 is 1.90 bits per heavy atom. The second-order valence-corrected chi connectivity index (χ2v) is 10.4. The molecule has 0 spiro atoms. The quantitative estimate of drug-likeness (QED) is 0.304. The molecular formula is C20H18BrNO5S3. The van der Waals surface area contributed by atoms with Gasteiger partial charge in [0, 0.05) is 6.54 Å². The minimum Gasteiger partial charge on any atom is -0.493 e. The highest BCUT2D eigenvalue weighted by Crippen LogP contribution is 2.40. The predicted octanol–water partition coefficient (Wildman–Crippen LogP) is 4.75. The molecule has 6 nitrogen and oxygen atoms in total. The van der Waals surface area contributed by atoms with Crippen LogP contribution in [-0.2, 0) is 14.9 Å². The maximum atomic E-state index is 12.7. The maximum Gasteiger partial charge on any atom is 0.339 e. The number of hydrogen-bond acceptors (Lipinski definition) is 7. The molecule has 30 heavy (non-hydrogen) atoms. The van der Waals surface area contributed by atoms with Crippen molar-refractivity contribution in [1.29, 1.82) is 0 Å². The topological polar surface area (TPSA) is 72.9 Å². The van der Waals surface area contributed by atoms with Gasteiger partial charge < -0.3 is 8.92 Å². The van der Waals surface area contributed by atoms with Gasteiger partial charge in [-0.3, -0.25) is 9.69 Å². The summed E-state index contributed by atoms with van der Waals surface area (Å²) in [7, 11) is -2.64. The van der Waals surface area contributed by atoms with Crippen molar-refractivity contribution in [1.82, 2.24) is 4.90 Å². The van der Waals surface area contributed by atoms with Crippen LogP contribution in [-0.4, -0.2) is 37.2 Å². The summed E-state index contributed by atoms with van der Waals surface area (Å²) in [6.07, 6.45) is 1.68. The molecule has 1 amide bonds. The first-order chi connectivity index (χ1) is 14.2. The van der Waals surface area contributed by atoms with E-state index in [4.69, 9.17) is 21.1 Å². The molecule has 0 atom stereocenters. The van der Waals surface area contributed by atoms with Crippen molar-refractivity contribution in [3.05, 3.63) is 56.9 Å². The second-order valence-electron chi connectivity index (χ2n) is 6.31. The number of hydrogen-bond donors (Lipinski definition) is 0. The number of halogens is 1. The number of carbonyl (C=O) groups excluding carboxylic acids is 1. The maximum absolute atomic E-state index is 12.7. The summed E-state index contributed by atoms with van der Waals surface area (Å²) in [4.78, 5) is 14.5. The fourth-order valence-electron chi connectivity index (χ4n) is 2.69. The molecule has 0 unspecified atom stereocenters. The standard InChI is InChI=1S/C20H18BrNO5S3/c1-4-22-19(23)17(29-20(22)28)11-13-9-15(21)18(16(10-13)26-3)27-30(24,25)14-7-5-12(2)6-8-14/h5-11H,4H2,1-3H3/b17-11+. The molecule has 10 heteroatoms. The van der Waals surface area contributed by atoms with E-state index in [1.807, 2.05) is 13.8 Å². The number of methoxy groups -OCH3 is 1. The van der Waals surface area contributed by atoms with Crippen LogP contribution in [0.25, 0.3) is 6.08 Å². The third-order valence-electron chi connectivity index (χ3n) is 4.24. The minimum atomic E-state index is -4.05. The average Bonchev–Trinajstić information content (AvgIpc) is 2.96. The average molecular weight is 528 g/mol. The number of rotatable bonds is 6. The molecule has 1 aliphatic heterocycles. The Morgan fingerprint density at radius 1 is 1.23 bits per heavy atom. The predicted molar refractivity (Wildman–Crippen MR) is 125 cm³/mol. The Morgan fingerprint density at radius 3 is 2.47 bits per heavy atom. The van der Waals surface area contributed by atoms with Gasteiger partial charge in [0.1, 0.15) is 9.22 Å². The molecule has 0 radical (unpaired) electrons. The number of carbonyl (C=O) groups is 1. The molecule has 2 aromatic carbocycles. The van der Waals surface area contributed by atoms with Gasteiger partial charge in [-0.25, -0.2) is 0 Å². The Bertz CT molecular complexity index is 1140. The number of benzene rings is 2. The van der Waals surface area contributed by atoms with Gasteiger partial charge in [0.2, 0.25) is 0 Å². The van der Waals surface area contributed by atoms with Gasteiger partial charge in [-0.05, 0) is 65.7 Å². The molecule has 0 aliphatic carbocycles. The Kier molecular flexibility index (Phi) is 6.91. The molecule has 0 saturated carbocycles. The van der Waals surface area contributed by atoms with E-state index >= 15 is 0 Å². The smallest absolute Gasteiger partial charge is 0.339 e. The molecule has 3 rings (SSSR count). The molecule has 0 bridgehead atoms. The second kappa shape index (κ2) is 9.09. The Balaban J connectivity index is 1.95. The number of likely N-dealkylation sites (N-methyl/N-ethyl adjacent to an activating group) is 1. The van der Waals surface area contributed by atoms with Gasteiger partial charge in [-0.15, -0.1) is 0 Å². The zero-order valence-electron chi connectivity index (χ0n) is 16.3.